The molecule has 1 atom stereocenters. The molecule has 1 aromatic heterocycles. The van der Waals surface area contributed by atoms with Crippen molar-refractivity contribution in [3.05, 3.63) is 64.7 Å². The van der Waals surface area contributed by atoms with Crippen LogP contribution in [-0.4, -0.2) is 29.5 Å². The number of piperazine rings is 1. The number of nitrogens with one attached hydrogen (secondary N) is 1. The van der Waals surface area contributed by atoms with Gasteiger partial charge >= 0.3 is 0 Å². The molecule has 2 aromatic carbocycles. The van der Waals surface area contributed by atoms with E-state index in [-0.39, 0.29) is 17.7 Å². The zero-order valence-electron chi connectivity index (χ0n) is 13.0. The lowest BCUT2D eigenvalue weighted by molar-refractivity contribution is 0.153. The number of fused-ring (bicyclic) bond motifs is 1. The van der Waals surface area contributed by atoms with Crippen LogP contribution in [0.3, 0.4) is 0 Å². The lowest BCUT2D eigenvalue weighted by atomic mass is 10.0. The molecular weight excluding hydrogens is 328 g/mol. The Morgan fingerprint density at radius 1 is 1.17 bits per heavy atom. The molecule has 2 heterocycles. The van der Waals surface area contributed by atoms with E-state index in [1.54, 1.807) is 18.2 Å². The van der Waals surface area contributed by atoms with Crippen molar-refractivity contribution in [2.24, 2.45) is 0 Å². The Balaban J connectivity index is 1.60. The summed E-state index contributed by atoms with van der Waals surface area (Å²) < 4.78 is 27.8. The summed E-state index contributed by atoms with van der Waals surface area (Å²) in [6.45, 7) is 3.23. The van der Waals surface area contributed by atoms with E-state index in [1.807, 2.05) is 6.07 Å². The lowest BCUT2D eigenvalue weighted by Gasteiger charge is -2.36. The summed E-state index contributed by atoms with van der Waals surface area (Å²) in [6.07, 6.45) is 0. The molecule has 1 fully saturated rings. The van der Waals surface area contributed by atoms with Crippen LogP contribution < -0.4 is 5.32 Å². The summed E-state index contributed by atoms with van der Waals surface area (Å²) in [6, 6.07) is 11.6. The molecule has 3 nitrogen and oxygen atoms in total. The Kier molecular flexibility index (Phi) is 4.26. The van der Waals surface area contributed by atoms with Crippen molar-refractivity contribution in [1.82, 2.24) is 15.2 Å². The van der Waals surface area contributed by atoms with Crippen molar-refractivity contribution in [1.29, 1.82) is 0 Å². The van der Waals surface area contributed by atoms with Crippen molar-refractivity contribution < 1.29 is 8.78 Å². The largest absolute Gasteiger partial charge is 0.314 e. The maximum Gasteiger partial charge on any atom is 0.124 e. The number of hydrogen-bond donors (Lipinski definition) is 1. The highest BCUT2D eigenvalue weighted by Crippen LogP contribution is 2.28. The van der Waals surface area contributed by atoms with Gasteiger partial charge in [-0.3, -0.25) is 4.90 Å². The minimum absolute atomic E-state index is 0.109. The number of nitrogens with zero attached hydrogens (tertiary/aromatic N) is 2. The molecule has 0 aliphatic carbocycles. The molecule has 0 bridgehead atoms. The third-order valence-corrected chi connectivity index (χ3v) is 5.32. The summed E-state index contributed by atoms with van der Waals surface area (Å²) in [5.74, 6) is -0.453. The van der Waals surface area contributed by atoms with Crippen LogP contribution in [0.15, 0.2) is 42.5 Å². The van der Waals surface area contributed by atoms with Gasteiger partial charge in [-0.05, 0) is 35.9 Å². The van der Waals surface area contributed by atoms with Gasteiger partial charge in [0.1, 0.15) is 16.6 Å². The molecule has 1 saturated heterocycles. The van der Waals surface area contributed by atoms with Gasteiger partial charge in [0.2, 0.25) is 0 Å². The molecule has 3 aromatic rings. The van der Waals surface area contributed by atoms with Crippen LogP contribution in [0.5, 0.6) is 0 Å². The Morgan fingerprint density at radius 3 is 2.92 bits per heavy atom. The van der Waals surface area contributed by atoms with Gasteiger partial charge in [-0.15, -0.1) is 11.3 Å². The molecular formula is C18H17F2N3S. The molecule has 1 N–H and O–H groups in total. The highest BCUT2D eigenvalue weighted by atomic mass is 32.1. The third-order valence-electron chi connectivity index (χ3n) is 4.32. The van der Waals surface area contributed by atoms with E-state index in [9.17, 15) is 8.78 Å². The summed E-state index contributed by atoms with van der Waals surface area (Å²) in [5.41, 5.74) is 1.79. The Hall–Kier alpha value is -1.89. The van der Waals surface area contributed by atoms with Gasteiger partial charge < -0.3 is 5.32 Å². The Labute approximate surface area is 142 Å². The van der Waals surface area contributed by atoms with Crippen molar-refractivity contribution >= 4 is 21.6 Å². The standard InChI is InChI=1S/C18H17F2N3S/c19-13-3-1-2-12(8-13)16-10-21-6-7-23(16)11-18-22-15-5-4-14(20)9-17(15)24-18/h1-5,8-9,16,21H,6-7,10-11H2. The maximum absolute atomic E-state index is 13.6. The van der Waals surface area contributed by atoms with Gasteiger partial charge in [0.15, 0.2) is 0 Å². The second kappa shape index (κ2) is 6.55. The number of hydrogen-bond acceptors (Lipinski definition) is 4. The maximum atomic E-state index is 13.6. The van der Waals surface area contributed by atoms with Crippen molar-refractivity contribution in [3.63, 3.8) is 0 Å². The minimum atomic E-state index is -0.238. The first-order valence-corrected chi connectivity index (χ1v) is 8.76. The lowest BCUT2D eigenvalue weighted by Crippen LogP contribution is -2.45. The van der Waals surface area contributed by atoms with Crippen LogP contribution in [0.25, 0.3) is 10.2 Å². The third kappa shape index (κ3) is 3.17. The summed E-state index contributed by atoms with van der Waals surface area (Å²) in [5, 5.41) is 4.33. The molecule has 0 spiro atoms. The average Bonchev–Trinajstić information content (AvgIpc) is 2.96. The van der Waals surface area contributed by atoms with Crippen molar-refractivity contribution in [3.8, 4) is 0 Å². The SMILES string of the molecule is Fc1cccc(C2CNCCN2Cc2nc3ccc(F)cc3s2)c1. The quantitative estimate of drug-likeness (QED) is 0.784. The van der Waals surface area contributed by atoms with Crippen LogP contribution >= 0.6 is 11.3 Å². The summed E-state index contributed by atoms with van der Waals surface area (Å²) in [4.78, 5) is 6.91. The van der Waals surface area contributed by atoms with Crippen LogP contribution in [0.1, 0.15) is 16.6 Å². The van der Waals surface area contributed by atoms with E-state index < -0.39 is 0 Å². The number of thiazole rings is 1. The van der Waals surface area contributed by atoms with Crippen molar-refractivity contribution in [2.45, 2.75) is 12.6 Å². The molecule has 6 heteroatoms. The van der Waals surface area contributed by atoms with Gasteiger partial charge in [0.05, 0.1) is 16.8 Å². The fourth-order valence-electron chi connectivity index (χ4n) is 3.17. The fourth-order valence-corrected chi connectivity index (χ4v) is 4.18. The molecule has 0 radical (unpaired) electrons. The predicted octanol–water partition coefficient (Wildman–Crippen LogP) is 3.72. The first kappa shape index (κ1) is 15.6. The summed E-state index contributed by atoms with van der Waals surface area (Å²) >= 11 is 1.52. The zero-order valence-corrected chi connectivity index (χ0v) is 13.8. The van der Waals surface area contributed by atoms with E-state index in [1.165, 1.54) is 29.5 Å². The monoisotopic (exact) mass is 345 g/mol. The van der Waals surface area contributed by atoms with Gasteiger partial charge in [0, 0.05) is 25.7 Å². The fraction of sp³-hybridized carbons (Fsp3) is 0.278. The Bertz CT molecular complexity index is 864. The van der Waals surface area contributed by atoms with Gasteiger partial charge in [-0.2, -0.15) is 0 Å². The second-order valence-corrected chi connectivity index (χ2v) is 7.08. The number of rotatable bonds is 3. The Morgan fingerprint density at radius 2 is 2.04 bits per heavy atom. The topological polar surface area (TPSA) is 28.2 Å². The predicted molar refractivity (Wildman–Crippen MR) is 92.0 cm³/mol. The molecule has 0 saturated carbocycles. The van der Waals surface area contributed by atoms with Crippen LogP contribution in [0.2, 0.25) is 0 Å². The molecule has 4 rings (SSSR count). The van der Waals surface area contributed by atoms with Crippen LogP contribution in [0.4, 0.5) is 8.78 Å². The summed E-state index contributed by atoms with van der Waals surface area (Å²) in [7, 11) is 0. The minimum Gasteiger partial charge on any atom is -0.314 e. The van der Waals surface area contributed by atoms with Gasteiger partial charge in [-0.25, -0.2) is 13.8 Å². The van der Waals surface area contributed by atoms with Gasteiger partial charge in [0.25, 0.3) is 0 Å². The molecule has 1 aliphatic rings. The van der Waals surface area contributed by atoms with E-state index in [2.05, 4.69) is 15.2 Å². The highest BCUT2D eigenvalue weighted by Gasteiger charge is 2.25. The van der Waals surface area contributed by atoms with Crippen LogP contribution in [0, 0.1) is 11.6 Å². The first-order valence-electron chi connectivity index (χ1n) is 7.94. The van der Waals surface area contributed by atoms with E-state index >= 15 is 0 Å². The second-order valence-electron chi connectivity index (χ2n) is 5.97. The highest BCUT2D eigenvalue weighted by molar-refractivity contribution is 7.18. The molecule has 1 unspecified atom stereocenters. The number of benzene rings is 2. The molecule has 0 amide bonds. The number of aromatic nitrogens is 1. The normalized spacial score (nSPS) is 19.0. The number of halogens is 2. The van der Waals surface area contributed by atoms with E-state index in [0.717, 1.165) is 40.4 Å². The smallest absolute Gasteiger partial charge is 0.124 e. The van der Waals surface area contributed by atoms with Crippen molar-refractivity contribution in [2.75, 3.05) is 19.6 Å². The molecule has 24 heavy (non-hydrogen) atoms. The van der Waals surface area contributed by atoms with E-state index in [4.69, 9.17) is 0 Å². The average molecular weight is 345 g/mol. The van der Waals surface area contributed by atoms with Crippen LogP contribution in [-0.2, 0) is 6.54 Å². The zero-order chi connectivity index (χ0) is 16.5. The van der Waals surface area contributed by atoms with Gasteiger partial charge in [-0.1, -0.05) is 12.1 Å². The molecule has 124 valence electrons. The van der Waals surface area contributed by atoms with E-state index in [0.29, 0.717) is 6.54 Å². The first-order chi connectivity index (χ1) is 11.7. The molecule has 1 aliphatic heterocycles.